The molecular weight excluding hydrogens is 284 g/mol. The molecule has 8 N–H and O–H groups in total. The van der Waals surface area contributed by atoms with Gasteiger partial charge in [0.1, 0.15) is 12.1 Å². The summed E-state index contributed by atoms with van der Waals surface area (Å²) in [5, 5.41) is 28.8. The van der Waals surface area contributed by atoms with Gasteiger partial charge < -0.3 is 26.8 Å². The van der Waals surface area contributed by atoms with E-state index in [1.807, 2.05) is 0 Å². The van der Waals surface area contributed by atoms with E-state index in [1.165, 1.54) is 0 Å². The quantitative estimate of drug-likeness (QED) is 0.148. The van der Waals surface area contributed by atoms with Crippen LogP contribution in [0.15, 0.2) is 4.99 Å². The Labute approximate surface area is 120 Å². The van der Waals surface area contributed by atoms with Crippen molar-refractivity contribution < 1.29 is 29.7 Å². The number of carboxylic acids is 3. The van der Waals surface area contributed by atoms with Gasteiger partial charge in [0, 0.05) is 6.54 Å². The summed E-state index contributed by atoms with van der Waals surface area (Å²) in [4.78, 5) is 36.2. The molecule has 10 nitrogen and oxygen atoms in total. The van der Waals surface area contributed by atoms with Gasteiger partial charge in [-0.1, -0.05) is 0 Å². The van der Waals surface area contributed by atoms with E-state index in [9.17, 15) is 14.4 Å². The summed E-state index contributed by atoms with van der Waals surface area (Å²) in [6, 6.07) is -2.61. The Hall–Kier alpha value is -2.36. The van der Waals surface area contributed by atoms with Crippen LogP contribution in [0.5, 0.6) is 0 Å². The van der Waals surface area contributed by atoms with E-state index < -0.39 is 36.4 Å². The van der Waals surface area contributed by atoms with Gasteiger partial charge in [-0.05, 0) is 19.3 Å². The van der Waals surface area contributed by atoms with Crippen LogP contribution < -0.4 is 16.8 Å². The maximum atomic E-state index is 11.0. The highest BCUT2D eigenvalue weighted by Gasteiger charge is 2.27. The summed E-state index contributed by atoms with van der Waals surface area (Å²) in [6.45, 7) is 0.339. The number of nitrogens with zero attached hydrogens (tertiary/aromatic N) is 1. The van der Waals surface area contributed by atoms with E-state index >= 15 is 0 Å². The molecule has 1 unspecified atom stereocenters. The molecule has 0 saturated carbocycles. The number of aliphatic carboxylic acids is 3. The average molecular weight is 304 g/mol. The molecule has 2 atom stereocenters. The summed E-state index contributed by atoms with van der Waals surface area (Å²) < 4.78 is 0. The molecule has 0 bridgehead atoms. The first-order valence-electron chi connectivity index (χ1n) is 6.23. The molecule has 10 heteroatoms. The first-order chi connectivity index (χ1) is 9.73. The molecule has 0 aliphatic rings. The molecule has 0 saturated heterocycles. The second-order valence-electron chi connectivity index (χ2n) is 4.35. The fourth-order valence-electron chi connectivity index (χ4n) is 1.58. The van der Waals surface area contributed by atoms with Gasteiger partial charge in [0.15, 0.2) is 5.96 Å². The Morgan fingerprint density at radius 1 is 1.00 bits per heavy atom. The Bertz CT molecular complexity index is 408. The zero-order chi connectivity index (χ0) is 16.4. The molecule has 0 aromatic heterocycles. The number of rotatable bonds is 11. The molecule has 0 aromatic rings. The second-order valence-corrected chi connectivity index (χ2v) is 4.35. The summed E-state index contributed by atoms with van der Waals surface area (Å²) in [6.07, 6.45) is 0.409. The lowest BCUT2D eigenvalue weighted by Gasteiger charge is -2.19. The lowest BCUT2D eigenvalue weighted by molar-refractivity contribution is -0.147. The molecule has 120 valence electrons. The molecule has 0 fully saturated rings. The minimum atomic E-state index is -1.46. The summed E-state index contributed by atoms with van der Waals surface area (Å²) >= 11 is 0. The van der Waals surface area contributed by atoms with Crippen LogP contribution in [0.2, 0.25) is 0 Å². The fourth-order valence-corrected chi connectivity index (χ4v) is 1.58. The van der Waals surface area contributed by atoms with Gasteiger partial charge in [0.2, 0.25) is 0 Å². The summed E-state index contributed by atoms with van der Waals surface area (Å²) in [7, 11) is 0. The van der Waals surface area contributed by atoms with Gasteiger partial charge in [-0.15, -0.1) is 0 Å². The third-order valence-corrected chi connectivity index (χ3v) is 2.57. The van der Waals surface area contributed by atoms with Gasteiger partial charge in [-0.2, -0.15) is 0 Å². The first kappa shape index (κ1) is 18.6. The molecule has 0 radical (unpaired) electrons. The van der Waals surface area contributed by atoms with Crippen molar-refractivity contribution in [3.63, 3.8) is 0 Å². The van der Waals surface area contributed by atoms with Crippen molar-refractivity contribution in [3.8, 4) is 0 Å². The van der Waals surface area contributed by atoms with E-state index in [0.717, 1.165) is 0 Å². The standard InChI is InChI=1S/C11H20N4O6/c12-11(13)14-4-2-1-3-6(9(18)19)15-7(10(20)21)5-8(16)17/h6-7,15H,1-5H2,(H,16,17)(H,18,19)(H,20,21)(H4,12,13,14)/t6-,7?/m0/s1. The molecule has 0 rings (SSSR count). The van der Waals surface area contributed by atoms with Crippen LogP contribution in [0.3, 0.4) is 0 Å². The van der Waals surface area contributed by atoms with Crippen molar-refractivity contribution in [1.82, 2.24) is 5.32 Å². The van der Waals surface area contributed by atoms with Gasteiger partial charge in [0.05, 0.1) is 6.42 Å². The molecule has 0 aromatic carbocycles. The number of carbonyl (C=O) groups is 3. The molecular formula is C11H20N4O6. The SMILES string of the molecule is NC(N)=NCCCC[C@H](NC(CC(=O)O)C(=O)O)C(=O)O. The number of unbranched alkanes of at least 4 members (excludes halogenated alkanes) is 1. The smallest absolute Gasteiger partial charge is 0.321 e. The Morgan fingerprint density at radius 2 is 1.57 bits per heavy atom. The summed E-state index contributed by atoms with van der Waals surface area (Å²) in [5.41, 5.74) is 10.3. The number of aliphatic imine (C=N–C) groups is 1. The molecule has 0 aliphatic heterocycles. The normalized spacial score (nSPS) is 13.1. The topological polar surface area (TPSA) is 188 Å². The van der Waals surface area contributed by atoms with Crippen LogP contribution in [0.25, 0.3) is 0 Å². The third-order valence-electron chi connectivity index (χ3n) is 2.57. The van der Waals surface area contributed by atoms with E-state index in [4.69, 9.17) is 26.8 Å². The number of nitrogens with two attached hydrogens (primary N) is 2. The van der Waals surface area contributed by atoms with Crippen LogP contribution in [0, 0.1) is 0 Å². The molecule has 21 heavy (non-hydrogen) atoms. The molecule has 0 spiro atoms. The fraction of sp³-hybridized carbons (Fsp3) is 0.636. The number of carboxylic acid groups (broad SMARTS) is 3. The number of hydrogen-bond donors (Lipinski definition) is 6. The highest BCUT2D eigenvalue weighted by atomic mass is 16.4. The summed E-state index contributed by atoms with van der Waals surface area (Å²) in [5.74, 6) is -4.04. The predicted molar refractivity (Wildman–Crippen MR) is 72.8 cm³/mol. The predicted octanol–water partition coefficient (Wildman–Crippen LogP) is -1.60. The molecule has 0 amide bonds. The third kappa shape index (κ3) is 9.21. The lowest BCUT2D eigenvalue weighted by Crippen LogP contribution is -2.48. The molecule has 0 heterocycles. The highest BCUT2D eigenvalue weighted by molar-refractivity contribution is 5.82. The van der Waals surface area contributed by atoms with Crippen molar-refractivity contribution in [2.75, 3.05) is 6.54 Å². The van der Waals surface area contributed by atoms with Crippen LogP contribution in [0.4, 0.5) is 0 Å². The van der Waals surface area contributed by atoms with Gasteiger partial charge >= 0.3 is 17.9 Å². The number of nitrogens with one attached hydrogen (secondary N) is 1. The van der Waals surface area contributed by atoms with E-state index in [1.54, 1.807) is 0 Å². The van der Waals surface area contributed by atoms with Crippen molar-refractivity contribution >= 4 is 23.9 Å². The van der Waals surface area contributed by atoms with Gasteiger partial charge in [0.25, 0.3) is 0 Å². The minimum Gasteiger partial charge on any atom is -0.481 e. The Balaban J connectivity index is 4.40. The number of guanidine groups is 1. The van der Waals surface area contributed by atoms with Crippen molar-refractivity contribution in [1.29, 1.82) is 0 Å². The molecule has 0 aliphatic carbocycles. The first-order valence-corrected chi connectivity index (χ1v) is 6.23. The van der Waals surface area contributed by atoms with Gasteiger partial charge in [-0.25, -0.2) is 0 Å². The second kappa shape index (κ2) is 9.53. The zero-order valence-electron chi connectivity index (χ0n) is 11.4. The zero-order valence-corrected chi connectivity index (χ0v) is 11.4. The van der Waals surface area contributed by atoms with Crippen molar-refractivity contribution in [3.05, 3.63) is 0 Å². The lowest BCUT2D eigenvalue weighted by atomic mass is 10.1. The van der Waals surface area contributed by atoms with Crippen LogP contribution >= 0.6 is 0 Å². The average Bonchev–Trinajstić information content (AvgIpc) is 2.34. The Kier molecular flexibility index (Phi) is 8.46. The Morgan fingerprint density at radius 3 is 2.00 bits per heavy atom. The van der Waals surface area contributed by atoms with Crippen LogP contribution in [0.1, 0.15) is 25.7 Å². The minimum absolute atomic E-state index is 0.0599. The maximum absolute atomic E-state index is 11.0. The highest BCUT2D eigenvalue weighted by Crippen LogP contribution is 2.05. The van der Waals surface area contributed by atoms with Crippen molar-refractivity contribution in [2.45, 2.75) is 37.8 Å². The van der Waals surface area contributed by atoms with E-state index in [2.05, 4.69) is 10.3 Å². The van der Waals surface area contributed by atoms with E-state index in [-0.39, 0.29) is 12.4 Å². The van der Waals surface area contributed by atoms with Crippen LogP contribution in [-0.2, 0) is 14.4 Å². The monoisotopic (exact) mass is 304 g/mol. The van der Waals surface area contributed by atoms with Crippen molar-refractivity contribution in [2.24, 2.45) is 16.5 Å². The largest absolute Gasteiger partial charge is 0.481 e. The number of hydrogen-bond acceptors (Lipinski definition) is 5. The van der Waals surface area contributed by atoms with Crippen LogP contribution in [-0.4, -0.2) is 57.8 Å². The maximum Gasteiger partial charge on any atom is 0.321 e. The van der Waals surface area contributed by atoms with Gasteiger partial charge in [-0.3, -0.25) is 24.7 Å². The van der Waals surface area contributed by atoms with E-state index in [0.29, 0.717) is 19.4 Å².